The monoisotopic (exact) mass is 342 g/mol. The Morgan fingerprint density at radius 3 is 2.79 bits per heavy atom. The van der Waals surface area contributed by atoms with Crippen LogP contribution in [0.1, 0.15) is 12.8 Å². The lowest BCUT2D eigenvalue weighted by Gasteiger charge is -2.38. The first-order valence-corrected chi connectivity index (χ1v) is 7.88. The molecule has 132 valence electrons. The smallest absolute Gasteiger partial charge is 0.253 e. The maximum atomic E-state index is 13.2. The van der Waals surface area contributed by atoms with Crippen molar-refractivity contribution in [3.8, 4) is 5.88 Å². The lowest BCUT2D eigenvalue weighted by molar-refractivity contribution is -0.150. The SMILES string of the molecule is COc1cc(N2CCOC(C(=O)N3CCC(F)(F)CC3)C2)ncn1. The van der Waals surface area contributed by atoms with Gasteiger partial charge in [0.05, 0.1) is 20.3 Å². The van der Waals surface area contributed by atoms with Crippen LogP contribution >= 0.6 is 0 Å². The molecule has 1 unspecified atom stereocenters. The van der Waals surface area contributed by atoms with E-state index in [0.29, 0.717) is 31.4 Å². The van der Waals surface area contributed by atoms with E-state index in [1.165, 1.54) is 18.3 Å². The van der Waals surface area contributed by atoms with Gasteiger partial charge in [0.2, 0.25) is 5.88 Å². The fraction of sp³-hybridized carbons (Fsp3) is 0.667. The van der Waals surface area contributed by atoms with Crippen molar-refractivity contribution >= 4 is 11.7 Å². The van der Waals surface area contributed by atoms with E-state index in [0.717, 1.165) is 0 Å². The number of likely N-dealkylation sites (tertiary alicyclic amines) is 1. The van der Waals surface area contributed by atoms with Gasteiger partial charge in [0, 0.05) is 38.5 Å². The first-order chi connectivity index (χ1) is 11.5. The van der Waals surface area contributed by atoms with Crippen LogP contribution in [-0.4, -0.2) is 72.7 Å². The molecule has 0 aliphatic carbocycles. The first-order valence-electron chi connectivity index (χ1n) is 7.88. The molecule has 1 aromatic heterocycles. The predicted octanol–water partition coefficient (Wildman–Crippen LogP) is 0.948. The molecule has 2 fully saturated rings. The zero-order valence-electron chi connectivity index (χ0n) is 13.5. The number of anilines is 1. The lowest BCUT2D eigenvalue weighted by Crippen LogP contribution is -2.53. The van der Waals surface area contributed by atoms with Gasteiger partial charge in [0.1, 0.15) is 12.1 Å². The zero-order valence-corrected chi connectivity index (χ0v) is 13.5. The Morgan fingerprint density at radius 2 is 2.08 bits per heavy atom. The van der Waals surface area contributed by atoms with E-state index in [-0.39, 0.29) is 31.8 Å². The molecule has 9 heteroatoms. The summed E-state index contributed by atoms with van der Waals surface area (Å²) < 4.78 is 37.1. The molecule has 1 aromatic rings. The molecule has 1 atom stereocenters. The topological polar surface area (TPSA) is 67.8 Å². The Kier molecular flexibility index (Phi) is 4.79. The van der Waals surface area contributed by atoms with E-state index in [4.69, 9.17) is 9.47 Å². The Bertz CT molecular complexity index is 592. The van der Waals surface area contributed by atoms with Crippen molar-refractivity contribution in [2.75, 3.05) is 44.8 Å². The Balaban J connectivity index is 1.63. The second-order valence-corrected chi connectivity index (χ2v) is 5.91. The molecule has 0 radical (unpaired) electrons. The molecule has 3 rings (SSSR count). The normalized spacial score (nSPS) is 23.9. The molecule has 2 aliphatic heterocycles. The highest BCUT2D eigenvalue weighted by molar-refractivity contribution is 5.82. The maximum Gasteiger partial charge on any atom is 0.253 e. The second kappa shape index (κ2) is 6.84. The molecular formula is C15H20F2N4O3. The summed E-state index contributed by atoms with van der Waals surface area (Å²) in [5.41, 5.74) is 0. The standard InChI is InChI=1S/C15H20F2N4O3/c1-23-13-8-12(18-10-19-13)21-6-7-24-11(9-21)14(22)20-4-2-15(16,17)3-5-20/h8,10-11H,2-7,9H2,1H3. The molecular weight excluding hydrogens is 322 g/mol. The van der Waals surface area contributed by atoms with Crippen LogP contribution in [0.15, 0.2) is 12.4 Å². The molecule has 2 aliphatic rings. The number of rotatable bonds is 3. The van der Waals surface area contributed by atoms with Gasteiger partial charge in [0.15, 0.2) is 6.10 Å². The van der Waals surface area contributed by atoms with E-state index in [9.17, 15) is 13.6 Å². The molecule has 3 heterocycles. The molecule has 0 spiro atoms. The summed E-state index contributed by atoms with van der Waals surface area (Å²) >= 11 is 0. The number of amides is 1. The summed E-state index contributed by atoms with van der Waals surface area (Å²) in [4.78, 5) is 24.1. The first kappa shape index (κ1) is 16.8. The molecule has 0 N–H and O–H groups in total. The second-order valence-electron chi connectivity index (χ2n) is 5.91. The quantitative estimate of drug-likeness (QED) is 0.815. The molecule has 1 amide bonds. The van der Waals surface area contributed by atoms with Crippen LogP contribution in [0.4, 0.5) is 14.6 Å². The van der Waals surface area contributed by atoms with Gasteiger partial charge in [-0.1, -0.05) is 0 Å². The van der Waals surface area contributed by atoms with Crippen LogP contribution in [0.25, 0.3) is 0 Å². The van der Waals surface area contributed by atoms with E-state index in [1.54, 1.807) is 6.07 Å². The number of alkyl halides is 2. The van der Waals surface area contributed by atoms with Crippen LogP contribution in [0, 0.1) is 0 Å². The highest BCUT2D eigenvalue weighted by Gasteiger charge is 2.38. The molecule has 0 bridgehead atoms. The van der Waals surface area contributed by atoms with Gasteiger partial charge in [-0.25, -0.2) is 18.7 Å². The number of nitrogens with zero attached hydrogens (tertiary/aromatic N) is 4. The maximum absolute atomic E-state index is 13.2. The van der Waals surface area contributed by atoms with Crippen LogP contribution in [0.3, 0.4) is 0 Å². The molecule has 2 saturated heterocycles. The third kappa shape index (κ3) is 3.72. The fourth-order valence-electron chi connectivity index (χ4n) is 2.88. The van der Waals surface area contributed by atoms with Gasteiger partial charge in [-0.3, -0.25) is 4.79 Å². The minimum Gasteiger partial charge on any atom is -0.481 e. The average molecular weight is 342 g/mol. The van der Waals surface area contributed by atoms with Gasteiger partial charge in [-0.2, -0.15) is 0 Å². The number of methoxy groups -OCH3 is 1. The van der Waals surface area contributed by atoms with E-state index >= 15 is 0 Å². The third-order valence-electron chi connectivity index (χ3n) is 4.31. The third-order valence-corrected chi connectivity index (χ3v) is 4.31. The number of aromatic nitrogens is 2. The summed E-state index contributed by atoms with van der Waals surface area (Å²) in [6.07, 6.45) is 0.135. The van der Waals surface area contributed by atoms with Crippen molar-refractivity contribution in [1.82, 2.24) is 14.9 Å². The van der Waals surface area contributed by atoms with Gasteiger partial charge >= 0.3 is 0 Å². The van der Waals surface area contributed by atoms with Gasteiger partial charge in [-0.15, -0.1) is 0 Å². The minimum absolute atomic E-state index is 0.0625. The van der Waals surface area contributed by atoms with E-state index in [2.05, 4.69) is 9.97 Å². The number of hydrogen-bond acceptors (Lipinski definition) is 6. The van der Waals surface area contributed by atoms with Crippen molar-refractivity contribution < 1.29 is 23.0 Å². The van der Waals surface area contributed by atoms with Gasteiger partial charge in [-0.05, 0) is 0 Å². The number of piperidine rings is 1. The molecule has 7 nitrogen and oxygen atoms in total. The van der Waals surface area contributed by atoms with Gasteiger partial charge < -0.3 is 19.3 Å². The molecule has 0 aromatic carbocycles. The minimum atomic E-state index is -2.67. The van der Waals surface area contributed by atoms with Crippen molar-refractivity contribution in [3.63, 3.8) is 0 Å². The fourth-order valence-corrected chi connectivity index (χ4v) is 2.88. The van der Waals surface area contributed by atoms with Crippen molar-refractivity contribution in [1.29, 1.82) is 0 Å². The molecule has 0 saturated carbocycles. The number of morpholine rings is 1. The lowest BCUT2D eigenvalue weighted by atomic mass is 10.1. The number of carbonyl (C=O) groups excluding carboxylic acids is 1. The van der Waals surface area contributed by atoms with Crippen molar-refractivity contribution in [3.05, 3.63) is 12.4 Å². The van der Waals surface area contributed by atoms with Crippen LogP contribution in [-0.2, 0) is 9.53 Å². The molecule has 24 heavy (non-hydrogen) atoms. The van der Waals surface area contributed by atoms with Crippen LogP contribution in [0.5, 0.6) is 5.88 Å². The Morgan fingerprint density at radius 1 is 1.33 bits per heavy atom. The van der Waals surface area contributed by atoms with E-state index in [1.807, 2.05) is 4.90 Å². The van der Waals surface area contributed by atoms with Crippen LogP contribution < -0.4 is 9.64 Å². The summed E-state index contributed by atoms with van der Waals surface area (Å²) in [5, 5.41) is 0. The highest BCUT2D eigenvalue weighted by atomic mass is 19.3. The Hall–Kier alpha value is -2.03. The van der Waals surface area contributed by atoms with Crippen molar-refractivity contribution in [2.24, 2.45) is 0 Å². The highest BCUT2D eigenvalue weighted by Crippen LogP contribution is 2.28. The summed E-state index contributed by atoms with van der Waals surface area (Å²) in [7, 11) is 1.52. The number of hydrogen-bond donors (Lipinski definition) is 0. The number of ether oxygens (including phenoxy) is 2. The summed E-state index contributed by atoms with van der Waals surface area (Å²) in [6.45, 7) is 1.40. The van der Waals surface area contributed by atoms with Crippen molar-refractivity contribution in [2.45, 2.75) is 24.9 Å². The largest absolute Gasteiger partial charge is 0.481 e. The predicted molar refractivity (Wildman–Crippen MR) is 81.3 cm³/mol. The van der Waals surface area contributed by atoms with Gasteiger partial charge in [0.25, 0.3) is 11.8 Å². The van der Waals surface area contributed by atoms with Crippen LogP contribution in [0.2, 0.25) is 0 Å². The van der Waals surface area contributed by atoms with E-state index < -0.39 is 12.0 Å². The summed E-state index contributed by atoms with van der Waals surface area (Å²) in [5.74, 6) is -1.83. The summed E-state index contributed by atoms with van der Waals surface area (Å²) in [6, 6.07) is 1.69. The number of carbonyl (C=O) groups is 1. The Labute approximate surface area is 138 Å². The number of halogens is 2. The average Bonchev–Trinajstić information content (AvgIpc) is 2.61. The zero-order chi connectivity index (χ0) is 17.2.